The summed E-state index contributed by atoms with van der Waals surface area (Å²) in [5, 5.41) is 12.5. The molecule has 0 saturated heterocycles. The van der Waals surface area contributed by atoms with Crippen LogP contribution in [0.3, 0.4) is 0 Å². The normalized spacial score (nSPS) is 13.8. The van der Waals surface area contributed by atoms with Gasteiger partial charge in [-0.15, -0.1) is 0 Å². The summed E-state index contributed by atoms with van der Waals surface area (Å²) in [5.41, 5.74) is 0.909. The number of rotatable bonds is 5. The van der Waals surface area contributed by atoms with Gasteiger partial charge in [-0.25, -0.2) is 0 Å². The third-order valence-electron chi connectivity index (χ3n) is 2.71. The maximum atomic E-state index is 9.24. The average Bonchev–Trinajstić information content (AvgIpc) is 2.36. The molecule has 0 fully saturated rings. The molecule has 0 spiro atoms. The van der Waals surface area contributed by atoms with Crippen molar-refractivity contribution >= 4 is 15.9 Å². The molecule has 2 atom stereocenters. The molecule has 0 bridgehead atoms. The van der Waals surface area contributed by atoms with Crippen LogP contribution in [0.4, 0.5) is 0 Å². The zero-order valence-corrected chi connectivity index (χ0v) is 11.9. The fourth-order valence-electron chi connectivity index (χ4n) is 1.47. The quantitative estimate of drug-likeness (QED) is 0.906. The smallest absolute Gasteiger partial charge is 0.122 e. The number of benzene rings is 1. The van der Waals surface area contributed by atoms with Gasteiger partial charge in [-0.2, -0.15) is 5.26 Å². The van der Waals surface area contributed by atoms with Crippen molar-refractivity contribution in [3.05, 3.63) is 28.2 Å². The highest BCUT2D eigenvalue weighted by atomic mass is 79.9. The summed E-state index contributed by atoms with van der Waals surface area (Å²) in [6.07, 6.45) is 0.986. The number of nitriles is 1. The van der Waals surface area contributed by atoms with Crippen LogP contribution in [-0.4, -0.2) is 13.2 Å². The molecule has 2 unspecified atom stereocenters. The fourth-order valence-corrected chi connectivity index (χ4v) is 1.94. The second kappa shape index (κ2) is 6.63. The fraction of sp³-hybridized carbons (Fsp3) is 0.462. The second-order valence-corrected chi connectivity index (χ2v) is 4.78. The van der Waals surface area contributed by atoms with Gasteiger partial charge in [0.05, 0.1) is 13.2 Å². The summed E-state index contributed by atoms with van der Waals surface area (Å²) in [6.45, 7) is 4.16. The highest BCUT2D eigenvalue weighted by molar-refractivity contribution is 9.10. The van der Waals surface area contributed by atoms with E-state index < -0.39 is 0 Å². The lowest BCUT2D eigenvalue weighted by atomic mass is 10.1. The van der Waals surface area contributed by atoms with E-state index in [1.807, 2.05) is 18.2 Å². The predicted octanol–water partition coefficient (Wildman–Crippen LogP) is 3.41. The van der Waals surface area contributed by atoms with Gasteiger partial charge in [0.1, 0.15) is 11.8 Å². The number of hydrogen-bond acceptors (Lipinski definition) is 3. The van der Waals surface area contributed by atoms with Crippen molar-refractivity contribution < 1.29 is 4.74 Å². The molecule has 4 heteroatoms. The lowest BCUT2D eigenvalue weighted by Crippen LogP contribution is -2.29. The van der Waals surface area contributed by atoms with Crippen LogP contribution in [0.15, 0.2) is 22.7 Å². The van der Waals surface area contributed by atoms with E-state index in [2.05, 4.69) is 41.2 Å². The van der Waals surface area contributed by atoms with E-state index in [-0.39, 0.29) is 6.04 Å². The van der Waals surface area contributed by atoms with Crippen LogP contribution in [0.2, 0.25) is 0 Å². The Balaban J connectivity index is 2.99. The summed E-state index contributed by atoms with van der Waals surface area (Å²) in [4.78, 5) is 0. The molecule has 1 aromatic rings. The van der Waals surface area contributed by atoms with E-state index in [0.717, 1.165) is 22.2 Å². The van der Waals surface area contributed by atoms with Crippen LogP contribution in [0, 0.1) is 11.3 Å². The van der Waals surface area contributed by atoms with Crippen molar-refractivity contribution in [3.8, 4) is 11.8 Å². The summed E-state index contributed by atoms with van der Waals surface area (Å²) in [7, 11) is 1.62. The maximum Gasteiger partial charge on any atom is 0.122 e. The standard InChI is InChI=1S/C13H17BrN2O/c1-4-9(2)16-13(8-15)11-7-10(17-3)5-6-12(11)14/h5-7,9,13,16H,4H2,1-3H3. The van der Waals surface area contributed by atoms with Gasteiger partial charge in [0.25, 0.3) is 0 Å². The summed E-state index contributed by atoms with van der Waals surface area (Å²) in [5.74, 6) is 0.759. The minimum atomic E-state index is -0.325. The Morgan fingerprint density at radius 1 is 1.53 bits per heavy atom. The van der Waals surface area contributed by atoms with Crippen molar-refractivity contribution in [1.29, 1.82) is 5.26 Å². The van der Waals surface area contributed by atoms with Crippen LogP contribution in [0.5, 0.6) is 5.75 Å². The van der Waals surface area contributed by atoms with Crippen molar-refractivity contribution in [2.75, 3.05) is 7.11 Å². The molecular weight excluding hydrogens is 280 g/mol. The number of nitrogens with one attached hydrogen (secondary N) is 1. The van der Waals surface area contributed by atoms with E-state index in [0.29, 0.717) is 6.04 Å². The Hall–Kier alpha value is -1.05. The molecule has 1 N–H and O–H groups in total. The van der Waals surface area contributed by atoms with Gasteiger partial charge < -0.3 is 4.74 Å². The molecule has 92 valence electrons. The van der Waals surface area contributed by atoms with Crippen LogP contribution >= 0.6 is 15.9 Å². The highest BCUT2D eigenvalue weighted by Gasteiger charge is 2.16. The average molecular weight is 297 g/mol. The minimum Gasteiger partial charge on any atom is -0.497 e. The molecule has 0 saturated carbocycles. The van der Waals surface area contributed by atoms with E-state index in [9.17, 15) is 5.26 Å². The minimum absolute atomic E-state index is 0.303. The van der Waals surface area contributed by atoms with Gasteiger partial charge in [0.15, 0.2) is 0 Å². The van der Waals surface area contributed by atoms with Gasteiger partial charge in [-0.3, -0.25) is 5.32 Å². The highest BCUT2D eigenvalue weighted by Crippen LogP contribution is 2.27. The Bertz CT molecular complexity index is 414. The number of hydrogen-bond donors (Lipinski definition) is 1. The lowest BCUT2D eigenvalue weighted by molar-refractivity contribution is 0.413. The van der Waals surface area contributed by atoms with Gasteiger partial charge in [-0.1, -0.05) is 22.9 Å². The number of ether oxygens (including phenoxy) is 1. The molecule has 0 aromatic heterocycles. The maximum absolute atomic E-state index is 9.24. The lowest BCUT2D eigenvalue weighted by Gasteiger charge is -2.18. The van der Waals surface area contributed by atoms with Gasteiger partial charge in [0.2, 0.25) is 0 Å². The molecule has 0 aliphatic carbocycles. The van der Waals surface area contributed by atoms with Crippen molar-refractivity contribution in [2.45, 2.75) is 32.4 Å². The summed E-state index contributed by atoms with van der Waals surface area (Å²) >= 11 is 3.47. The monoisotopic (exact) mass is 296 g/mol. The van der Waals surface area contributed by atoms with E-state index in [1.165, 1.54) is 0 Å². The van der Waals surface area contributed by atoms with E-state index in [1.54, 1.807) is 7.11 Å². The molecule has 1 rings (SSSR count). The molecule has 0 heterocycles. The van der Waals surface area contributed by atoms with Gasteiger partial charge in [-0.05, 0) is 31.5 Å². The molecule has 1 aromatic carbocycles. The first kappa shape index (κ1) is 14.0. The number of methoxy groups -OCH3 is 1. The zero-order valence-electron chi connectivity index (χ0n) is 10.3. The second-order valence-electron chi connectivity index (χ2n) is 3.93. The first-order chi connectivity index (χ1) is 8.12. The first-order valence-electron chi connectivity index (χ1n) is 5.61. The van der Waals surface area contributed by atoms with Crippen molar-refractivity contribution in [1.82, 2.24) is 5.32 Å². The van der Waals surface area contributed by atoms with Crippen LogP contribution < -0.4 is 10.1 Å². The molecular formula is C13H17BrN2O. The van der Waals surface area contributed by atoms with Crippen LogP contribution in [0.25, 0.3) is 0 Å². The summed E-state index contributed by atoms with van der Waals surface area (Å²) < 4.78 is 6.10. The molecule has 0 aliphatic heterocycles. The van der Waals surface area contributed by atoms with Crippen LogP contribution in [-0.2, 0) is 0 Å². The molecule has 3 nitrogen and oxygen atoms in total. The Morgan fingerprint density at radius 3 is 2.76 bits per heavy atom. The Morgan fingerprint density at radius 2 is 2.24 bits per heavy atom. The van der Waals surface area contributed by atoms with Gasteiger partial charge in [0, 0.05) is 16.1 Å². The number of halogens is 1. The first-order valence-corrected chi connectivity index (χ1v) is 6.40. The largest absolute Gasteiger partial charge is 0.497 e. The third kappa shape index (κ3) is 3.72. The SMILES string of the molecule is CCC(C)NC(C#N)c1cc(OC)ccc1Br. The van der Waals surface area contributed by atoms with Gasteiger partial charge >= 0.3 is 0 Å². The zero-order chi connectivity index (χ0) is 12.8. The predicted molar refractivity (Wildman–Crippen MR) is 71.9 cm³/mol. The topological polar surface area (TPSA) is 45.0 Å². The molecule has 17 heavy (non-hydrogen) atoms. The van der Waals surface area contributed by atoms with Crippen molar-refractivity contribution in [3.63, 3.8) is 0 Å². The van der Waals surface area contributed by atoms with E-state index in [4.69, 9.17) is 4.74 Å². The molecule has 0 amide bonds. The summed E-state index contributed by atoms with van der Waals surface area (Å²) in [6, 6.07) is 7.91. The third-order valence-corrected chi connectivity index (χ3v) is 3.43. The van der Waals surface area contributed by atoms with Crippen molar-refractivity contribution in [2.24, 2.45) is 0 Å². The van der Waals surface area contributed by atoms with E-state index >= 15 is 0 Å². The van der Waals surface area contributed by atoms with Crippen LogP contribution in [0.1, 0.15) is 31.9 Å². The number of nitrogens with zero attached hydrogens (tertiary/aromatic N) is 1. The Labute approximate surface area is 111 Å². The molecule has 0 radical (unpaired) electrons. The Kier molecular flexibility index (Phi) is 5.46. The molecule has 0 aliphatic rings.